The maximum atomic E-state index is 6.27. The zero-order valence-electron chi connectivity index (χ0n) is 14.2. The van der Waals surface area contributed by atoms with Crippen LogP contribution in [-0.2, 0) is 9.47 Å². The van der Waals surface area contributed by atoms with Crippen molar-refractivity contribution in [3.63, 3.8) is 0 Å². The van der Waals surface area contributed by atoms with Crippen LogP contribution >= 0.6 is 11.6 Å². The van der Waals surface area contributed by atoms with Crippen molar-refractivity contribution in [1.82, 2.24) is 9.80 Å². The van der Waals surface area contributed by atoms with Gasteiger partial charge in [0.1, 0.15) is 17.7 Å². The number of hydrogen-bond donors (Lipinski definition) is 0. The van der Waals surface area contributed by atoms with E-state index in [2.05, 4.69) is 15.9 Å². The Balaban J connectivity index is 1.62. The molecule has 0 amide bonds. The second kappa shape index (κ2) is 7.89. The summed E-state index contributed by atoms with van der Waals surface area (Å²) in [6.07, 6.45) is 0.126. The van der Waals surface area contributed by atoms with Crippen molar-refractivity contribution in [1.29, 1.82) is 0 Å². The number of nitrogens with zero attached hydrogens (tertiary/aromatic N) is 2. The van der Waals surface area contributed by atoms with Gasteiger partial charge in [-0.15, -0.1) is 0 Å². The van der Waals surface area contributed by atoms with Crippen molar-refractivity contribution < 1.29 is 13.9 Å². The number of ether oxygens (including phenoxy) is 2. The third-order valence-corrected chi connectivity index (χ3v) is 5.01. The molecule has 6 heteroatoms. The molecule has 0 unspecified atom stereocenters. The first-order valence-electron chi connectivity index (χ1n) is 8.80. The molecule has 2 aromatic rings. The van der Waals surface area contributed by atoms with E-state index in [9.17, 15) is 0 Å². The number of halogens is 1. The minimum Gasteiger partial charge on any atom is -0.458 e. The van der Waals surface area contributed by atoms with E-state index in [0.29, 0.717) is 5.02 Å². The second-order valence-corrected chi connectivity index (χ2v) is 6.82. The molecule has 0 radical (unpaired) electrons. The lowest BCUT2D eigenvalue weighted by Crippen LogP contribution is -2.49. The first-order valence-corrected chi connectivity index (χ1v) is 9.18. The van der Waals surface area contributed by atoms with Crippen LogP contribution in [0.15, 0.2) is 40.8 Å². The quantitative estimate of drug-likeness (QED) is 0.834. The van der Waals surface area contributed by atoms with Crippen LogP contribution in [-0.4, -0.2) is 62.4 Å². The summed E-state index contributed by atoms with van der Waals surface area (Å²) in [5, 5.41) is 0.716. The van der Waals surface area contributed by atoms with Crippen molar-refractivity contribution in [2.45, 2.75) is 6.17 Å². The normalized spacial score (nSPS) is 20.2. The van der Waals surface area contributed by atoms with Crippen LogP contribution in [0.3, 0.4) is 0 Å². The number of hydrogen-bond acceptors (Lipinski definition) is 5. The first-order chi connectivity index (χ1) is 12.3. The number of furan rings is 1. The fourth-order valence-electron chi connectivity index (χ4n) is 3.52. The van der Waals surface area contributed by atoms with Crippen LogP contribution in [0, 0.1) is 0 Å². The minimum absolute atomic E-state index is 0.126. The van der Waals surface area contributed by atoms with Gasteiger partial charge in [0, 0.05) is 36.8 Å². The maximum Gasteiger partial charge on any atom is 0.136 e. The van der Waals surface area contributed by atoms with Crippen LogP contribution in [0.2, 0.25) is 5.02 Å². The molecule has 25 heavy (non-hydrogen) atoms. The third kappa shape index (κ3) is 3.91. The largest absolute Gasteiger partial charge is 0.458 e. The fraction of sp³-hybridized carbons (Fsp3) is 0.474. The highest BCUT2D eigenvalue weighted by molar-refractivity contribution is 6.30. The Hall–Kier alpha value is -1.37. The van der Waals surface area contributed by atoms with E-state index < -0.39 is 0 Å². The average Bonchev–Trinajstić information content (AvgIpc) is 3.13. The van der Waals surface area contributed by atoms with E-state index >= 15 is 0 Å². The highest BCUT2D eigenvalue weighted by atomic mass is 35.5. The van der Waals surface area contributed by atoms with Gasteiger partial charge in [-0.3, -0.25) is 9.80 Å². The lowest BCUT2D eigenvalue weighted by atomic mass is 10.2. The molecule has 0 atom stereocenters. The number of rotatable bonds is 4. The molecule has 134 valence electrons. The first kappa shape index (κ1) is 17.1. The Morgan fingerprint density at radius 1 is 0.840 bits per heavy atom. The molecule has 1 aromatic heterocycles. The molecule has 0 saturated carbocycles. The summed E-state index contributed by atoms with van der Waals surface area (Å²) in [4.78, 5) is 4.88. The summed E-state index contributed by atoms with van der Waals surface area (Å²) in [7, 11) is 0. The average molecular weight is 363 g/mol. The van der Waals surface area contributed by atoms with Gasteiger partial charge in [-0.05, 0) is 24.3 Å². The van der Waals surface area contributed by atoms with E-state index in [4.69, 9.17) is 25.5 Å². The Morgan fingerprint density at radius 3 is 2.08 bits per heavy atom. The predicted molar refractivity (Wildman–Crippen MR) is 96.7 cm³/mol. The van der Waals surface area contributed by atoms with E-state index in [1.54, 1.807) is 0 Å². The van der Waals surface area contributed by atoms with Crippen LogP contribution < -0.4 is 0 Å². The van der Waals surface area contributed by atoms with Gasteiger partial charge >= 0.3 is 0 Å². The fourth-order valence-corrected chi connectivity index (χ4v) is 3.71. The molecule has 4 rings (SSSR count). The summed E-state index contributed by atoms with van der Waals surface area (Å²) in [5.41, 5.74) is 1.00. The van der Waals surface area contributed by atoms with E-state index in [1.165, 1.54) is 0 Å². The summed E-state index contributed by atoms with van der Waals surface area (Å²) < 4.78 is 17.3. The molecule has 1 aromatic carbocycles. The Labute approximate surface area is 153 Å². The summed E-state index contributed by atoms with van der Waals surface area (Å²) >= 11 is 6.12. The summed E-state index contributed by atoms with van der Waals surface area (Å²) in [6.45, 7) is 6.71. The van der Waals surface area contributed by atoms with Gasteiger partial charge in [0.05, 0.1) is 26.4 Å². The third-order valence-electron chi connectivity index (χ3n) is 4.77. The molecular formula is C19H23ClN2O3. The van der Waals surface area contributed by atoms with Crippen molar-refractivity contribution in [3.8, 4) is 11.3 Å². The van der Waals surface area contributed by atoms with Crippen molar-refractivity contribution >= 4 is 11.6 Å². The molecule has 2 aliphatic heterocycles. The van der Waals surface area contributed by atoms with Gasteiger partial charge in [0.25, 0.3) is 0 Å². The Morgan fingerprint density at radius 2 is 1.48 bits per heavy atom. The molecule has 2 aliphatic rings. The smallest absolute Gasteiger partial charge is 0.136 e. The number of benzene rings is 1. The van der Waals surface area contributed by atoms with E-state index in [-0.39, 0.29) is 6.17 Å². The number of morpholine rings is 2. The monoisotopic (exact) mass is 362 g/mol. The SMILES string of the molecule is Clc1cccc(-c2ccc(C(N3CCOCC3)N3CCOCC3)o2)c1. The second-order valence-electron chi connectivity index (χ2n) is 6.38. The standard InChI is InChI=1S/C19H23ClN2O3/c20-16-3-1-2-15(14-16)17-4-5-18(25-17)19(21-6-10-23-11-7-21)22-8-12-24-13-9-22/h1-5,14,19H,6-13H2. The van der Waals surface area contributed by atoms with Crippen molar-refractivity contribution in [2.75, 3.05) is 52.6 Å². The summed E-state index contributed by atoms with van der Waals surface area (Å²) in [6, 6.07) is 11.9. The van der Waals surface area contributed by atoms with Gasteiger partial charge in [0.15, 0.2) is 0 Å². The van der Waals surface area contributed by atoms with Gasteiger partial charge in [-0.1, -0.05) is 23.7 Å². The maximum absolute atomic E-state index is 6.27. The molecular weight excluding hydrogens is 340 g/mol. The molecule has 2 fully saturated rings. The zero-order valence-corrected chi connectivity index (χ0v) is 15.0. The van der Waals surface area contributed by atoms with E-state index in [0.717, 1.165) is 69.7 Å². The summed E-state index contributed by atoms with van der Waals surface area (Å²) in [5.74, 6) is 1.82. The predicted octanol–water partition coefficient (Wildman–Crippen LogP) is 3.26. The Kier molecular flexibility index (Phi) is 5.39. The van der Waals surface area contributed by atoms with E-state index in [1.807, 2.05) is 30.3 Å². The topological polar surface area (TPSA) is 38.1 Å². The van der Waals surface area contributed by atoms with Gasteiger partial charge in [0.2, 0.25) is 0 Å². The van der Waals surface area contributed by atoms with Crippen LogP contribution in [0.4, 0.5) is 0 Å². The van der Waals surface area contributed by atoms with Crippen LogP contribution in [0.5, 0.6) is 0 Å². The zero-order chi connectivity index (χ0) is 17.1. The molecule has 0 spiro atoms. The molecule has 2 saturated heterocycles. The van der Waals surface area contributed by atoms with Gasteiger partial charge < -0.3 is 13.9 Å². The Bertz CT molecular complexity index is 675. The molecule has 3 heterocycles. The van der Waals surface area contributed by atoms with Crippen LogP contribution in [0.1, 0.15) is 11.9 Å². The highest BCUT2D eigenvalue weighted by Gasteiger charge is 2.31. The van der Waals surface area contributed by atoms with Crippen molar-refractivity contribution in [3.05, 3.63) is 47.2 Å². The minimum atomic E-state index is 0.126. The highest BCUT2D eigenvalue weighted by Crippen LogP contribution is 2.32. The molecule has 5 nitrogen and oxygen atoms in total. The van der Waals surface area contributed by atoms with Crippen LogP contribution in [0.25, 0.3) is 11.3 Å². The van der Waals surface area contributed by atoms with Gasteiger partial charge in [-0.2, -0.15) is 0 Å². The lowest BCUT2D eigenvalue weighted by Gasteiger charge is -2.41. The molecule has 0 aliphatic carbocycles. The molecule has 0 bridgehead atoms. The molecule has 0 N–H and O–H groups in total. The van der Waals surface area contributed by atoms with Gasteiger partial charge in [-0.25, -0.2) is 0 Å². The van der Waals surface area contributed by atoms with Crippen molar-refractivity contribution in [2.24, 2.45) is 0 Å². The lowest BCUT2D eigenvalue weighted by molar-refractivity contribution is -0.0741.